The second-order valence-corrected chi connectivity index (χ2v) is 4.60. The van der Waals surface area contributed by atoms with Gasteiger partial charge in [0.2, 0.25) is 0 Å². The Morgan fingerprint density at radius 1 is 1.15 bits per heavy atom. The average molecular weight is 268 g/mol. The van der Waals surface area contributed by atoms with Gasteiger partial charge in [-0.2, -0.15) is 0 Å². The van der Waals surface area contributed by atoms with Crippen molar-refractivity contribution in [3.05, 3.63) is 53.9 Å². The minimum atomic E-state index is -1.06. The van der Waals surface area contributed by atoms with Gasteiger partial charge in [-0.3, -0.25) is 4.40 Å². The number of carbonyl (C=O) groups is 1. The highest BCUT2D eigenvalue weighted by Crippen LogP contribution is 2.25. The molecule has 0 saturated heterocycles. The summed E-state index contributed by atoms with van der Waals surface area (Å²) in [5, 5.41) is 18.6. The summed E-state index contributed by atoms with van der Waals surface area (Å²) in [6.45, 7) is 1.93. The maximum absolute atomic E-state index is 11.3. The summed E-state index contributed by atoms with van der Waals surface area (Å²) in [5.74, 6) is -0.360. The smallest absolute Gasteiger partial charge is 0.356 e. The van der Waals surface area contributed by atoms with Gasteiger partial charge in [0, 0.05) is 11.8 Å². The number of rotatable bonds is 2. The molecule has 5 nitrogen and oxygen atoms in total. The second-order valence-electron chi connectivity index (χ2n) is 4.60. The Balaban J connectivity index is 2.32. The Morgan fingerprint density at radius 2 is 1.85 bits per heavy atom. The number of phenols is 1. The fraction of sp³-hybridized carbons (Fsp3) is 0.0667. The molecule has 0 unspecified atom stereocenters. The highest BCUT2D eigenvalue weighted by Gasteiger charge is 2.17. The Bertz CT molecular complexity index is 804. The number of pyridine rings is 1. The summed E-state index contributed by atoms with van der Waals surface area (Å²) < 4.78 is 1.76. The van der Waals surface area contributed by atoms with Gasteiger partial charge in [-0.25, -0.2) is 9.78 Å². The van der Waals surface area contributed by atoms with Crippen LogP contribution in [0.15, 0.2) is 42.6 Å². The molecule has 0 spiro atoms. The van der Waals surface area contributed by atoms with Crippen molar-refractivity contribution in [1.29, 1.82) is 0 Å². The molecule has 1 aromatic carbocycles. The van der Waals surface area contributed by atoms with Gasteiger partial charge < -0.3 is 10.2 Å². The monoisotopic (exact) mass is 268 g/mol. The van der Waals surface area contributed by atoms with Gasteiger partial charge in [0.25, 0.3) is 0 Å². The molecule has 2 heterocycles. The number of hydrogen-bond donors (Lipinski definition) is 2. The molecular weight excluding hydrogens is 256 g/mol. The molecule has 2 aromatic heterocycles. The van der Waals surface area contributed by atoms with Crippen LogP contribution >= 0.6 is 0 Å². The third kappa shape index (κ3) is 1.89. The minimum absolute atomic E-state index is 0.0214. The number of benzene rings is 1. The van der Waals surface area contributed by atoms with E-state index in [4.69, 9.17) is 0 Å². The standard InChI is InChI=1S/C15H12N2O3/c1-9-2-7-12-13(15(19)20)16-14(17(12)8-9)10-3-5-11(18)6-4-10/h2-8,18H,1H3,(H,19,20). The lowest BCUT2D eigenvalue weighted by atomic mass is 10.2. The van der Waals surface area contributed by atoms with Crippen LogP contribution in [-0.2, 0) is 0 Å². The molecule has 0 bridgehead atoms. The third-order valence-electron chi connectivity index (χ3n) is 3.11. The molecule has 0 aliphatic rings. The summed E-state index contributed by atoms with van der Waals surface area (Å²) in [5.41, 5.74) is 2.32. The highest BCUT2D eigenvalue weighted by molar-refractivity contribution is 5.95. The van der Waals surface area contributed by atoms with Crippen LogP contribution in [0.1, 0.15) is 16.1 Å². The fourth-order valence-corrected chi connectivity index (χ4v) is 2.16. The van der Waals surface area contributed by atoms with Crippen molar-refractivity contribution in [3.8, 4) is 17.1 Å². The van der Waals surface area contributed by atoms with Gasteiger partial charge in [0.1, 0.15) is 11.6 Å². The fourth-order valence-electron chi connectivity index (χ4n) is 2.16. The molecule has 3 aromatic rings. The first-order valence-corrected chi connectivity index (χ1v) is 6.07. The van der Waals surface area contributed by atoms with E-state index in [1.165, 1.54) is 0 Å². The number of aromatic hydroxyl groups is 1. The third-order valence-corrected chi connectivity index (χ3v) is 3.11. The maximum atomic E-state index is 11.3. The predicted octanol–water partition coefficient (Wildman–Crippen LogP) is 2.71. The molecule has 0 saturated carbocycles. The lowest BCUT2D eigenvalue weighted by molar-refractivity contribution is 0.0693. The van der Waals surface area contributed by atoms with Gasteiger partial charge in [0.05, 0.1) is 5.52 Å². The summed E-state index contributed by atoms with van der Waals surface area (Å²) >= 11 is 0. The Kier molecular flexibility index (Phi) is 2.68. The maximum Gasteiger partial charge on any atom is 0.356 e. The largest absolute Gasteiger partial charge is 0.508 e. The number of carboxylic acid groups (broad SMARTS) is 1. The zero-order chi connectivity index (χ0) is 14.3. The van der Waals surface area contributed by atoms with Crippen LogP contribution < -0.4 is 0 Å². The number of aromatic carboxylic acids is 1. The summed E-state index contributed by atoms with van der Waals surface area (Å²) in [4.78, 5) is 15.5. The number of aromatic nitrogens is 2. The average Bonchev–Trinajstić information content (AvgIpc) is 2.78. The van der Waals surface area contributed by atoms with E-state index in [-0.39, 0.29) is 11.4 Å². The van der Waals surface area contributed by atoms with E-state index < -0.39 is 5.97 Å². The van der Waals surface area contributed by atoms with E-state index in [2.05, 4.69) is 4.98 Å². The Labute approximate surface area is 114 Å². The van der Waals surface area contributed by atoms with Crippen LogP contribution in [0.4, 0.5) is 0 Å². The van der Waals surface area contributed by atoms with E-state index in [9.17, 15) is 15.0 Å². The van der Waals surface area contributed by atoms with Crippen molar-refractivity contribution < 1.29 is 15.0 Å². The minimum Gasteiger partial charge on any atom is -0.508 e. The summed E-state index contributed by atoms with van der Waals surface area (Å²) in [7, 11) is 0. The van der Waals surface area contributed by atoms with Crippen molar-refractivity contribution in [2.24, 2.45) is 0 Å². The topological polar surface area (TPSA) is 74.8 Å². The van der Waals surface area contributed by atoms with Crippen LogP contribution in [0.5, 0.6) is 5.75 Å². The molecule has 100 valence electrons. The van der Waals surface area contributed by atoms with Crippen LogP contribution in [0, 0.1) is 6.92 Å². The number of aryl methyl sites for hydroxylation is 1. The molecule has 5 heteroatoms. The second kappa shape index (κ2) is 4.38. The van der Waals surface area contributed by atoms with Crippen molar-refractivity contribution in [2.75, 3.05) is 0 Å². The van der Waals surface area contributed by atoms with E-state index in [0.717, 1.165) is 11.1 Å². The lowest BCUT2D eigenvalue weighted by Crippen LogP contribution is -1.97. The number of carboxylic acids is 1. The molecule has 0 fully saturated rings. The quantitative estimate of drug-likeness (QED) is 0.749. The Morgan fingerprint density at radius 3 is 2.50 bits per heavy atom. The van der Waals surface area contributed by atoms with E-state index in [1.807, 2.05) is 19.2 Å². The van der Waals surface area contributed by atoms with Crippen LogP contribution in [0.2, 0.25) is 0 Å². The van der Waals surface area contributed by atoms with Crippen molar-refractivity contribution in [1.82, 2.24) is 9.38 Å². The first kappa shape index (κ1) is 12.2. The van der Waals surface area contributed by atoms with Crippen molar-refractivity contribution in [2.45, 2.75) is 6.92 Å². The van der Waals surface area contributed by atoms with Crippen LogP contribution in [0.3, 0.4) is 0 Å². The molecule has 20 heavy (non-hydrogen) atoms. The van der Waals surface area contributed by atoms with E-state index in [0.29, 0.717) is 11.3 Å². The number of hydrogen-bond acceptors (Lipinski definition) is 3. The first-order chi connectivity index (χ1) is 9.56. The van der Waals surface area contributed by atoms with E-state index in [1.54, 1.807) is 34.7 Å². The molecule has 3 rings (SSSR count). The number of phenolic OH excluding ortho intramolecular Hbond substituents is 1. The van der Waals surface area contributed by atoms with Gasteiger partial charge in [-0.05, 0) is 42.8 Å². The van der Waals surface area contributed by atoms with Gasteiger partial charge in [-0.15, -0.1) is 0 Å². The van der Waals surface area contributed by atoms with Crippen LogP contribution in [0.25, 0.3) is 16.9 Å². The zero-order valence-electron chi connectivity index (χ0n) is 10.7. The normalized spacial score (nSPS) is 10.8. The SMILES string of the molecule is Cc1ccc2c(C(=O)O)nc(-c3ccc(O)cc3)n2c1. The van der Waals surface area contributed by atoms with Gasteiger partial charge in [0.15, 0.2) is 5.69 Å². The predicted molar refractivity (Wildman–Crippen MR) is 74.0 cm³/mol. The lowest BCUT2D eigenvalue weighted by Gasteiger charge is -2.02. The van der Waals surface area contributed by atoms with E-state index >= 15 is 0 Å². The summed E-state index contributed by atoms with van der Waals surface area (Å²) in [6.07, 6.45) is 1.84. The number of imidazole rings is 1. The molecule has 0 aliphatic carbocycles. The number of nitrogens with zero attached hydrogens (tertiary/aromatic N) is 2. The molecule has 0 atom stereocenters. The van der Waals surface area contributed by atoms with Gasteiger partial charge >= 0.3 is 5.97 Å². The van der Waals surface area contributed by atoms with Gasteiger partial charge in [-0.1, -0.05) is 6.07 Å². The van der Waals surface area contributed by atoms with Crippen molar-refractivity contribution in [3.63, 3.8) is 0 Å². The number of fused-ring (bicyclic) bond motifs is 1. The zero-order valence-corrected chi connectivity index (χ0v) is 10.7. The molecule has 0 amide bonds. The molecular formula is C15H12N2O3. The van der Waals surface area contributed by atoms with Crippen molar-refractivity contribution >= 4 is 11.5 Å². The molecule has 0 aliphatic heterocycles. The van der Waals surface area contributed by atoms with Crippen LogP contribution in [-0.4, -0.2) is 25.6 Å². The first-order valence-electron chi connectivity index (χ1n) is 6.07. The summed E-state index contributed by atoms with van der Waals surface area (Å²) in [6, 6.07) is 10.1. The molecule has 2 N–H and O–H groups in total. The highest BCUT2D eigenvalue weighted by atomic mass is 16.4. The molecule has 0 radical (unpaired) electrons. The Hall–Kier alpha value is -2.82.